The van der Waals surface area contributed by atoms with Crippen molar-refractivity contribution in [1.82, 2.24) is 20.2 Å². The van der Waals surface area contributed by atoms with Crippen LogP contribution in [0.1, 0.15) is 22.2 Å². The summed E-state index contributed by atoms with van der Waals surface area (Å²) in [5, 5.41) is 7.16. The Hall–Kier alpha value is -2.51. The van der Waals surface area contributed by atoms with Crippen molar-refractivity contribution in [3.8, 4) is 0 Å². The maximum absolute atomic E-state index is 12.7. The van der Waals surface area contributed by atoms with Crippen molar-refractivity contribution in [1.29, 1.82) is 0 Å². The highest BCUT2D eigenvalue weighted by atomic mass is 35.5. The topological polar surface area (TPSA) is 67.2 Å². The van der Waals surface area contributed by atoms with Crippen molar-refractivity contribution in [2.24, 2.45) is 0 Å². The minimum Gasteiger partial charge on any atom is -0.272 e. The second-order valence-electron chi connectivity index (χ2n) is 6.78. The van der Waals surface area contributed by atoms with Gasteiger partial charge >= 0.3 is 0 Å². The molecule has 1 N–H and O–H groups in total. The largest absolute Gasteiger partial charge is 0.272 e. The van der Waals surface area contributed by atoms with Gasteiger partial charge in [-0.1, -0.05) is 41.4 Å². The summed E-state index contributed by atoms with van der Waals surface area (Å²) in [6, 6.07) is 13.4. The van der Waals surface area contributed by atoms with Crippen molar-refractivity contribution in [2.75, 3.05) is 5.75 Å². The number of hydrogen-bond donors (Lipinski definition) is 1. The highest BCUT2D eigenvalue weighted by Gasteiger charge is 2.34. The average Bonchev–Trinajstić information content (AvgIpc) is 3.16. The van der Waals surface area contributed by atoms with Gasteiger partial charge < -0.3 is 0 Å². The van der Waals surface area contributed by atoms with E-state index < -0.39 is 0 Å². The van der Waals surface area contributed by atoms with Gasteiger partial charge in [-0.25, -0.2) is 5.01 Å². The lowest BCUT2D eigenvalue weighted by molar-refractivity contribution is -0.139. The summed E-state index contributed by atoms with van der Waals surface area (Å²) in [7, 11) is 0. The van der Waals surface area contributed by atoms with E-state index in [4.69, 9.17) is 11.6 Å². The predicted molar refractivity (Wildman–Crippen MR) is 111 cm³/mol. The molecule has 3 aromatic rings. The summed E-state index contributed by atoms with van der Waals surface area (Å²) in [5.41, 5.74) is 6.50. The first-order valence-corrected chi connectivity index (χ1v) is 10.3. The zero-order valence-corrected chi connectivity index (χ0v) is 17.0. The van der Waals surface area contributed by atoms with Gasteiger partial charge in [-0.15, -0.1) is 11.8 Å². The van der Waals surface area contributed by atoms with Crippen LogP contribution in [-0.4, -0.2) is 32.4 Å². The van der Waals surface area contributed by atoms with Crippen LogP contribution in [-0.2, 0) is 16.1 Å². The summed E-state index contributed by atoms with van der Waals surface area (Å²) in [6.45, 7) is 3.90. The number of aromatic nitrogens is 2. The first-order valence-electron chi connectivity index (χ1n) is 8.85. The van der Waals surface area contributed by atoms with Gasteiger partial charge in [0.2, 0.25) is 0 Å². The fourth-order valence-corrected chi connectivity index (χ4v) is 4.54. The lowest BCUT2D eigenvalue weighted by Crippen LogP contribution is -2.45. The zero-order valence-electron chi connectivity index (χ0n) is 15.5. The van der Waals surface area contributed by atoms with E-state index in [9.17, 15) is 9.59 Å². The predicted octanol–water partition coefficient (Wildman–Crippen LogP) is 3.61. The van der Waals surface area contributed by atoms with Crippen LogP contribution in [0.2, 0.25) is 5.02 Å². The summed E-state index contributed by atoms with van der Waals surface area (Å²) >= 11 is 7.59. The Morgan fingerprint density at radius 3 is 2.75 bits per heavy atom. The van der Waals surface area contributed by atoms with Crippen molar-refractivity contribution < 1.29 is 9.59 Å². The van der Waals surface area contributed by atoms with E-state index in [-0.39, 0.29) is 23.7 Å². The Morgan fingerprint density at radius 1 is 1.25 bits per heavy atom. The van der Waals surface area contributed by atoms with Gasteiger partial charge in [-0.3, -0.25) is 19.7 Å². The van der Waals surface area contributed by atoms with Gasteiger partial charge in [0.1, 0.15) is 11.9 Å². The molecule has 1 aromatic heterocycles. The monoisotopic (exact) mass is 414 g/mol. The number of benzene rings is 2. The van der Waals surface area contributed by atoms with E-state index in [0.29, 0.717) is 10.8 Å². The number of carbonyl (C=O) groups is 2. The smallest absolute Gasteiger partial charge is 0.260 e. The minimum atomic E-state index is -0.308. The van der Waals surface area contributed by atoms with Crippen LogP contribution < -0.4 is 5.43 Å². The molecule has 0 spiro atoms. The summed E-state index contributed by atoms with van der Waals surface area (Å²) in [4.78, 5) is 25.0. The highest BCUT2D eigenvalue weighted by Crippen LogP contribution is 2.37. The van der Waals surface area contributed by atoms with Gasteiger partial charge in [0.05, 0.1) is 17.0 Å². The quantitative estimate of drug-likeness (QED) is 0.708. The Bertz CT molecular complexity index is 1060. The Morgan fingerprint density at radius 2 is 2.00 bits per heavy atom. The Kier molecular flexibility index (Phi) is 5.03. The number of aryl methyl sites for hydroxylation is 2. The standard InChI is InChI=1S/C20H19ClN4O2S/c1-12-3-5-14(6-4-12)20-25(19(27)11-28-20)23-18(26)10-24-17-9-15(21)7-8-16(17)13(2)22-24/h3-9,20H,10-11H2,1-2H3,(H,23,26). The second kappa shape index (κ2) is 7.48. The molecule has 0 saturated carbocycles. The van der Waals surface area contributed by atoms with E-state index in [0.717, 1.165) is 27.7 Å². The number of nitrogens with zero attached hydrogens (tertiary/aromatic N) is 3. The van der Waals surface area contributed by atoms with Crippen molar-refractivity contribution >= 4 is 46.1 Å². The molecule has 6 nitrogen and oxygen atoms in total. The molecule has 0 radical (unpaired) electrons. The van der Waals surface area contributed by atoms with Crippen LogP contribution in [0.25, 0.3) is 10.9 Å². The molecule has 1 aliphatic rings. The maximum Gasteiger partial charge on any atom is 0.260 e. The summed E-state index contributed by atoms with van der Waals surface area (Å²) in [6.07, 6.45) is 0. The normalized spacial score (nSPS) is 16.8. The van der Waals surface area contributed by atoms with Gasteiger partial charge in [0.25, 0.3) is 11.8 Å². The number of hydrogen-bond acceptors (Lipinski definition) is 4. The summed E-state index contributed by atoms with van der Waals surface area (Å²) < 4.78 is 1.61. The van der Waals surface area contributed by atoms with Crippen LogP contribution >= 0.6 is 23.4 Å². The number of rotatable bonds is 4. The molecule has 1 unspecified atom stereocenters. The Labute approximate surface area is 171 Å². The van der Waals surface area contributed by atoms with Gasteiger partial charge in [0.15, 0.2) is 0 Å². The molecule has 2 amide bonds. The van der Waals surface area contributed by atoms with Crippen LogP contribution in [0, 0.1) is 13.8 Å². The van der Waals surface area contributed by atoms with Crippen LogP contribution in [0.5, 0.6) is 0 Å². The fourth-order valence-electron chi connectivity index (χ4n) is 3.26. The average molecular weight is 415 g/mol. The van der Waals surface area contributed by atoms with Crippen molar-refractivity contribution in [3.63, 3.8) is 0 Å². The molecule has 0 aliphatic carbocycles. The van der Waals surface area contributed by atoms with Crippen molar-refractivity contribution in [3.05, 3.63) is 64.3 Å². The number of nitrogens with one attached hydrogen (secondary N) is 1. The highest BCUT2D eigenvalue weighted by molar-refractivity contribution is 8.00. The lowest BCUT2D eigenvalue weighted by atomic mass is 10.1. The molecule has 2 heterocycles. The third-order valence-electron chi connectivity index (χ3n) is 4.67. The van der Waals surface area contributed by atoms with Gasteiger partial charge in [-0.2, -0.15) is 5.10 Å². The third kappa shape index (κ3) is 3.59. The van der Waals surface area contributed by atoms with E-state index in [1.165, 1.54) is 16.8 Å². The van der Waals surface area contributed by atoms with Crippen LogP contribution in [0.4, 0.5) is 0 Å². The number of carbonyl (C=O) groups excluding carboxylic acids is 2. The molecular weight excluding hydrogens is 396 g/mol. The van der Waals surface area contributed by atoms with Gasteiger partial charge in [-0.05, 0) is 37.6 Å². The van der Waals surface area contributed by atoms with E-state index >= 15 is 0 Å². The SMILES string of the molecule is Cc1ccc(C2SCC(=O)N2NC(=O)Cn2nc(C)c3ccc(Cl)cc32)cc1. The molecule has 1 saturated heterocycles. The van der Waals surface area contributed by atoms with Crippen molar-refractivity contribution in [2.45, 2.75) is 25.8 Å². The number of thioether (sulfide) groups is 1. The molecule has 8 heteroatoms. The first kappa shape index (κ1) is 18.8. The molecule has 0 bridgehead atoms. The Balaban J connectivity index is 1.53. The van der Waals surface area contributed by atoms with Gasteiger partial charge in [0, 0.05) is 10.4 Å². The number of amides is 2. The summed E-state index contributed by atoms with van der Waals surface area (Å²) in [5.74, 6) is -0.0936. The third-order valence-corrected chi connectivity index (χ3v) is 6.11. The number of halogens is 1. The van der Waals surface area contributed by atoms with E-state index in [1.807, 2.05) is 44.2 Å². The second-order valence-corrected chi connectivity index (χ2v) is 8.28. The molecular formula is C20H19ClN4O2S. The minimum absolute atomic E-state index is 0.000251. The van der Waals surface area contributed by atoms with E-state index in [2.05, 4.69) is 10.5 Å². The first-order chi connectivity index (χ1) is 13.4. The molecule has 1 aliphatic heterocycles. The lowest BCUT2D eigenvalue weighted by Gasteiger charge is -2.24. The fraction of sp³-hybridized carbons (Fsp3) is 0.250. The van der Waals surface area contributed by atoms with Crippen LogP contribution in [0.3, 0.4) is 0 Å². The molecule has 4 rings (SSSR count). The molecule has 144 valence electrons. The molecule has 1 atom stereocenters. The zero-order chi connectivity index (χ0) is 19.8. The van der Waals surface area contributed by atoms with E-state index in [1.54, 1.807) is 16.8 Å². The number of fused-ring (bicyclic) bond motifs is 1. The maximum atomic E-state index is 12.7. The molecule has 28 heavy (non-hydrogen) atoms. The van der Waals surface area contributed by atoms with Crippen LogP contribution in [0.15, 0.2) is 42.5 Å². The molecule has 2 aromatic carbocycles. The number of hydrazine groups is 1. The molecule has 1 fully saturated rings.